The van der Waals surface area contributed by atoms with Crippen molar-refractivity contribution in [1.82, 2.24) is 0 Å². The summed E-state index contributed by atoms with van der Waals surface area (Å²) in [7, 11) is 0. The van der Waals surface area contributed by atoms with E-state index in [0.717, 1.165) is 83.5 Å². The Labute approximate surface area is 390 Å². The van der Waals surface area contributed by atoms with Crippen molar-refractivity contribution < 1.29 is 28.6 Å². The van der Waals surface area contributed by atoms with Crippen LogP contribution in [0.3, 0.4) is 0 Å². The number of ether oxygens (including phenoxy) is 3. The van der Waals surface area contributed by atoms with Crippen molar-refractivity contribution in [2.24, 2.45) is 0 Å². The molecule has 0 aliphatic carbocycles. The van der Waals surface area contributed by atoms with Gasteiger partial charge in [0.1, 0.15) is 13.2 Å². The predicted molar refractivity (Wildman–Crippen MR) is 270 cm³/mol. The van der Waals surface area contributed by atoms with Crippen LogP contribution in [0.4, 0.5) is 0 Å². The molecule has 0 aromatic carbocycles. The second-order valence-electron chi connectivity index (χ2n) is 18.2. The van der Waals surface area contributed by atoms with E-state index in [4.69, 9.17) is 14.2 Å². The van der Waals surface area contributed by atoms with Crippen LogP contribution < -0.4 is 0 Å². The third-order valence-corrected chi connectivity index (χ3v) is 11.9. The summed E-state index contributed by atoms with van der Waals surface area (Å²) in [6.45, 7) is 6.51. The highest BCUT2D eigenvalue weighted by molar-refractivity contribution is 5.71. The first-order valence-electron chi connectivity index (χ1n) is 27.2. The van der Waals surface area contributed by atoms with Crippen molar-refractivity contribution in [3.05, 3.63) is 48.6 Å². The molecule has 1 unspecified atom stereocenters. The normalized spacial score (nSPS) is 12.4. The number of allylic oxidation sites excluding steroid dienone is 8. The topological polar surface area (TPSA) is 78.9 Å². The molecule has 6 nitrogen and oxygen atoms in total. The molecule has 0 N–H and O–H groups in total. The van der Waals surface area contributed by atoms with E-state index in [2.05, 4.69) is 69.4 Å². The van der Waals surface area contributed by atoms with Gasteiger partial charge in [-0.2, -0.15) is 0 Å². The monoisotopic (exact) mass is 883 g/mol. The minimum absolute atomic E-state index is 0.0796. The Hall–Kier alpha value is -2.63. The number of carbonyl (C=O) groups is 3. The van der Waals surface area contributed by atoms with Gasteiger partial charge in [-0.1, -0.05) is 243 Å². The van der Waals surface area contributed by atoms with E-state index < -0.39 is 6.10 Å². The Morgan fingerprint density at radius 2 is 0.635 bits per heavy atom. The van der Waals surface area contributed by atoms with E-state index in [0.29, 0.717) is 19.3 Å². The maximum absolute atomic E-state index is 12.8. The Morgan fingerprint density at radius 1 is 0.333 bits per heavy atom. The van der Waals surface area contributed by atoms with E-state index >= 15 is 0 Å². The highest BCUT2D eigenvalue weighted by Gasteiger charge is 2.19. The van der Waals surface area contributed by atoms with Crippen LogP contribution in [0.5, 0.6) is 0 Å². The summed E-state index contributed by atoms with van der Waals surface area (Å²) in [6.07, 6.45) is 62.4. The van der Waals surface area contributed by atoms with Gasteiger partial charge >= 0.3 is 17.9 Å². The average Bonchev–Trinajstić information content (AvgIpc) is 3.28. The molecule has 0 fully saturated rings. The third-order valence-electron chi connectivity index (χ3n) is 11.9. The molecule has 1 atom stereocenters. The van der Waals surface area contributed by atoms with Crippen molar-refractivity contribution in [2.45, 2.75) is 284 Å². The zero-order valence-electron chi connectivity index (χ0n) is 41.8. The first-order chi connectivity index (χ1) is 31.0. The van der Waals surface area contributed by atoms with Crippen LogP contribution in [0.25, 0.3) is 0 Å². The molecule has 0 rings (SSSR count). The summed E-state index contributed by atoms with van der Waals surface area (Å²) in [5.41, 5.74) is 0. The standard InChI is InChI=1S/C57H102O6/c1-4-7-10-13-16-19-22-25-27-28-30-32-35-38-41-44-47-50-56(59)62-53-54(52-61-55(58)49-46-43-40-37-34-31-24-21-18-15-12-9-6-3)63-57(60)51-48-45-42-39-36-33-29-26-23-20-17-14-11-8-5-2/h9,12,15,18,21,24-25,27,54H,4-8,10-11,13-14,16-17,19-20,22-23,26,28-53H2,1-3H3/b12-9+,18-15+,24-21+,27-25+. The summed E-state index contributed by atoms with van der Waals surface area (Å²) in [4.78, 5) is 38.0. The van der Waals surface area contributed by atoms with Gasteiger partial charge in [0.2, 0.25) is 0 Å². The van der Waals surface area contributed by atoms with Gasteiger partial charge in [-0.25, -0.2) is 0 Å². The summed E-state index contributed by atoms with van der Waals surface area (Å²) in [5, 5.41) is 0. The first kappa shape index (κ1) is 60.4. The average molecular weight is 883 g/mol. The number of rotatable bonds is 49. The van der Waals surface area contributed by atoms with Crippen LogP contribution in [0.15, 0.2) is 48.6 Å². The van der Waals surface area contributed by atoms with Gasteiger partial charge in [-0.3, -0.25) is 14.4 Å². The van der Waals surface area contributed by atoms with E-state index in [1.54, 1.807) is 0 Å². The summed E-state index contributed by atoms with van der Waals surface area (Å²) >= 11 is 0. The van der Waals surface area contributed by atoms with Gasteiger partial charge in [-0.05, 0) is 64.2 Å². The Kier molecular flexibility index (Phi) is 49.8. The molecule has 0 saturated heterocycles. The minimum Gasteiger partial charge on any atom is -0.462 e. The molecular formula is C57H102O6. The quantitative estimate of drug-likeness (QED) is 0.0199. The molecule has 0 aromatic heterocycles. The second-order valence-corrected chi connectivity index (χ2v) is 18.2. The molecule has 6 heteroatoms. The molecule has 0 saturated carbocycles. The lowest BCUT2D eigenvalue weighted by atomic mass is 10.0. The molecule has 0 heterocycles. The lowest BCUT2D eigenvalue weighted by molar-refractivity contribution is -0.167. The van der Waals surface area contributed by atoms with Crippen molar-refractivity contribution in [1.29, 1.82) is 0 Å². The summed E-state index contributed by atoms with van der Waals surface area (Å²) in [5.74, 6) is -0.893. The molecule has 0 amide bonds. The molecule has 0 bridgehead atoms. The van der Waals surface area contributed by atoms with Gasteiger partial charge in [0.25, 0.3) is 0 Å². The van der Waals surface area contributed by atoms with Crippen LogP contribution in [0.2, 0.25) is 0 Å². The second kappa shape index (κ2) is 52.0. The summed E-state index contributed by atoms with van der Waals surface area (Å²) < 4.78 is 16.8. The fourth-order valence-corrected chi connectivity index (χ4v) is 7.79. The number of hydrogen-bond acceptors (Lipinski definition) is 6. The Balaban J connectivity index is 4.37. The van der Waals surface area contributed by atoms with Gasteiger partial charge in [0, 0.05) is 19.3 Å². The zero-order chi connectivity index (χ0) is 45.8. The van der Waals surface area contributed by atoms with Gasteiger partial charge in [-0.15, -0.1) is 0 Å². The molecule has 0 radical (unpaired) electrons. The predicted octanol–water partition coefficient (Wildman–Crippen LogP) is 17.9. The van der Waals surface area contributed by atoms with E-state index in [1.165, 1.54) is 154 Å². The molecule has 0 aliphatic heterocycles. The lowest BCUT2D eigenvalue weighted by Crippen LogP contribution is -2.30. The molecule has 0 spiro atoms. The van der Waals surface area contributed by atoms with Gasteiger partial charge in [0.05, 0.1) is 0 Å². The Morgan fingerprint density at radius 3 is 1.00 bits per heavy atom. The fraction of sp³-hybridized carbons (Fsp3) is 0.807. The van der Waals surface area contributed by atoms with Crippen molar-refractivity contribution in [3.63, 3.8) is 0 Å². The third kappa shape index (κ3) is 50.2. The van der Waals surface area contributed by atoms with Crippen LogP contribution in [-0.4, -0.2) is 37.2 Å². The molecule has 0 aromatic rings. The van der Waals surface area contributed by atoms with Crippen molar-refractivity contribution >= 4 is 17.9 Å². The Bertz CT molecular complexity index is 1110. The number of unbranched alkanes of at least 4 members (excludes halogenated alkanes) is 32. The molecular weight excluding hydrogens is 781 g/mol. The molecule has 0 aliphatic rings. The maximum atomic E-state index is 12.8. The van der Waals surface area contributed by atoms with Gasteiger partial charge < -0.3 is 14.2 Å². The van der Waals surface area contributed by atoms with E-state index in [9.17, 15) is 14.4 Å². The summed E-state index contributed by atoms with van der Waals surface area (Å²) in [6, 6.07) is 0. The minimum atomic E-state index is -0.780. The number of hydrogen-bond donors (Lipinski definition) is 0. The molecule has 366 valence electrons. The van der Waals surface area contributed by atoms with Crippen LogP contribution >= 0.6 is 0 Å². The zero-order valence-corrected chi connectivity index (χ0v) is 41.8. The highest BCUT2D eigenvalue weighted by atomic mass is 16.6. The number of carbonyl (C=O) groups excluding carboxylic acids is 3. The maximum Gasteiger partial charge on any atom is 0.306 e. The van der Waals surface area contributed by atoms with Gasteiger partial charge in [0.15, 0.2) is 6.10 Å². The highest BCUT2D eigenvalue weighted by Crippen LogP contribution is 2.16. The lowest BCUT2D eigenvalue weighted by Gasteiger charge is -2.18. The SMILES string of the molecule is CC/C=C/C=C/C=C/CCCCCCCC(=O)OCC(COC(=O)CCCCCCCCC/C=C/CCCCCCCC)OC(=O)CCCCCCCCCCCCCCCCC. The van der Waals surface area contributed by atoms with E-state index in [-0.39, 0.29) is 31.1 Å². The van der Waals surface area contributed by atoms with E-state index in [1.807, 2.05) is 0 Å². The largest absolute Gasteiger partial charge is 0.462 e. The van der Waals surface area contributed by atoms with Crippen LogP contribution in [0.1, 0.15) is 278 Å². The molecule has 63 heavy (non-hydrogen) atoms. The smallest absolute Gasteiger partial charge is 0.306 e. The number of esters is 3. The fourth-order valence-electron chi connectivity index (χ4n) is 7.79. The van der Waals surface area contributed by atoms with Crippen LogP contribution in [-0.2, 0) is 28.6 Å². The van der Waals surface area contributed by atoms with Crippen molar-refractivity contribution in [3.8, 4) is 0 Å². The first-order valence-corrected chi connectivity index (χ1v) is 27.2. The van der Waals surface area contributed by atoms with Crippen LogP contribution in [0, 0.1) is 0 Å². The van der Waals surface area contributed by atoms with Crippen molar-refractivity contribution in [2.75, 3.05) is 13.2 Å².